The summed E-state index contributed by atoms with van der Waals surface area (Å²) in [5, 5.41) is 9.36. The number of benzene rings is 7. The summed E-state index contributed by atoms with van der Waals surface area (Å²) in [7, 11) is 0. The molecule has 327 valence electrons. The van der Waals surface area contributed by atoms with Gasteiger partial charge in [-0.25, -0.2) is 0 Å². The predicted octanol–water partition coefficient (Wildman–Crippen LogP) is 14.9. The van der Waals surface area contributed by atoms with Crippen LogP contribution in [-0.2, 0) is 21.7 Å². The topological polar surface area (TPSA) is 10.9 Å². The van der Waals surface area contributed by atoms with Gasteiger partial charge in [0, 0.05) is 93.7 Å². The van der Waals surface area contributed by atoms with Gasteiger partial charge in [0.05, 0.1) is 27.9 Å². The van der Waals surface area contributed by atoms with Crippen molar-refractivity contribution in [3.8, 4) is 0 Å². The van der Waals surface area contributed by atoms with Crippen molar-refractivity contribution in [2.45, 2.75) is 104 Å². The molecule has 0 bridgehead atoms. The minimum absolute atomic E-state index is 0. The molecule has 14 rings (SSSR count). The number of fused-ring (bicyclic) bond motifs is 12. The van der Waals surface area contributed by atoms with Gasteiger partial charge < -0.3 is 14.2 Å². The normalized spacial score (nSPS) is 16.5. The van der Waals surface area contributed by atoms with Crippen molar-refractivity contribution in [3.05, 3.63) is 144 Å². The zero-order chi connectivity index (χ0) is 44.4. The first-order valence-corrected chi connectivity index (χ1v) is 24.6. The quantitative estimate of drug-likeness (QED) is 0.126. The van der Waals surface area contributed by atoms with E-state index in [1.807, 2.05) is 11.3 Å². The van der Waals surface area contributed by atoms with Gasteiger partial charge in [-0.05, 0) is 103 Å². The average molecular weight is 1020 g/mol. The van der Waals surface area contributed by atoms with Crippen molar-refractivity contribution in [2.24, 2.45) is 0 Å². The maximum Gasteiger partial charge on any atom is 0.263 e. The molecular weight excluding hydrogens is 964 g/mol. The van der Waals surface area contributed by atoms with Crippen LogP contribution in [0.15, 0.2) is 115 Å². The number of hydrogen-bond donors (Lipinski definition) is 0. The van der Waals surface area contributed by atoms with Crippen molar-refractivity contribution >= 4 is 127 Å². The number of nitrogens with zero attached hydrogens (tertiary/aromatic N) is 3. The van der Waals surface area contributed by atoms with Gasteiger partial charge >= 0.3 is 0 Å². The van der Waals surface area contributed by atoms with E-state index in [1.165, 1.54) is 144 Å². The maximum atomic E-state index is 3.57. The Balaban J connectivity index is 0.00000435. The molecule has 6 heterocycles. The van der Waals surface area contributed by atoms with Gasteiger partial charge in [0.1, 0.15) is 0 Å². The van der Waals surface area contributed by atoms with E-state index in [9.17, 15) is 0 Å². The average Bonchev–Trinajstić information content (AvgIpc) is 4.03. The molecule has 3 nitrogen and oxygen atoms in total. The minimum atomic E-state index is -0.0321. The third-order valence-electron chi connectivity index (χ3n) is 16.3. The smallest absolute Gasteiger partial charge is 0.263 e. The van der Waals surface area contributed by atoms with E-state index in [0.717, 1.165) is 0 Å². The molecule has 0 saturated heterocycles. The number of thiophene rings is 1. The fourth-order valence-electron chi connectivity index (χ4n) is 12.8. The number of hydrogen-bond acceptors (Lipinski definition) is 3. The largest absolute Gasteiger partial charge is 0.321 e. The molecular formula is C60H53BN3STb-. The van der Waals surface area contributed by atoms with Crippen molar-refractivity contribution < 1.29 is 38.6 Å². The molecule has 4 aromatic heterocycles. The van der Waals surface area contributed by atoms with Crippen LogP contribution in [0.2, 0.25) is 0 Å². The third kappa shape index (κ3) is 5.17. The van der Waals surface area contributed by atoms with Crippen molar-refractivity contribution in [1.29, 1.82) is 0 Å². The van der Waals surface area contributed by atoms with Crippen LogP contribution in [-0.4, -0.2) is 11.1 Å². The number of anilines is 6. The predicted molar refractivity (Wildman–Crippen MR) is 282 cm³/mol. The molecule has 0 N–H and O–H groups in total. The Morgan fingerprint density at radius 3 is 1.82 bits per heavy atom. The van der Waals surface area contributed by atoms with Gasteiger partial charge in [0.2, 0.25) is 0 Å². The molecule has 0 fully saturated rings. The molecule has 3 aliphatic rings. The summed E-state index contributed by atoms with van der Waals surface area (Å²) in [6.45, 7) is 23.9. The zero-order valence-corrected chi connectivity index (χ0v) is 42.5. The van der Waals surface area contributed by atoms with E-state index in [4.69, 9.17) is 0 Å². The Bertz CT molecular complexity index is 3820. The van der Waals surface area contributed by atoms with E-state index in [0.29, 0.717) is 0 Å². The molecule has 2 aliphatic heterocycles. The molecule has 0 atom stereocenters. The molecule has 66 heavy (non-hydrogen) atoms. The van der Waals surface area contributed by atoms with Crippen molar-refractivity contribution in [3.63, 3.8) is 0 Å². The first-order valence-electron chi connectivity index (χ1n) is 23.8. The minimum Gasteiger partial charge on any atom is -0.321 e. The van der Waals surface area contributed by atoms with Crippen LogP contribution in [0.1, 0.15) is 104 Å². The van der Waals surface area contributed by atoms with Crippen molar-refractivity contribution in [2.75, 3.05) is 9.80 Å². The molecule has 6 heteroatoms. The molecule has 0 unspecified atom stereocenters. The van der Waals surface area contributed by atoms with E-state index < -0.39 is 0 Å². The second kappa shape index (κ2) is 13.3. The zero-order valence-electron chi connectivity index (χ0n) is 39.5. The Hall–Kier alpha value is -4.75. The van der Waals surface area contributed by atoms with Gasteiger partial charge in [-0.2, -0.15) is 35.6 Å². The van der Waals surface area contributed by atoms with Crippen LogP contribution in [0.3, 0.4) is 0 Å². The Morgan fingerprint density at radius 1 is 0.576 bits per heavy atom. The maximum absolute atomic E-state index is 3.57. The van der Waals surface area contributed by atoms with Crippen LogP contribution in [0.5, 0.6) is 0 Å². The van der Waals surface area contributed by atoms with E-state index in [1.54, 1.807) is 0 Å². The summed E-state index contributed by atoms with van der Waals surface area (Å²) in [6.07, 6.45) is 2.36. The second-order valence-electron chi connectivity index (χ2n) is 23.1. The first kappa shape index (κ1) is 41.4. The molecule has 1 radical (unpaired) electrons. The van der Waals surface area contributed by atoms with Crippen LogP contribution < -0.4 is 25.5 Å². The Morgan fingerprint density at radius 2 is 1.17 bits per heavy atom. The summed E-state index contributed by atoms with van der Waals surface area (Å²) < 4.78 is 5.39. The van der Waals surface area contributed by atoms with Gasteiger partial charge in [0.15, 0.2) is 0 Å². The van der Waals surface area contributed by atoms with E-state index in [-0.39, 0.29) is 67.0 Å². The van der Waals surface area contributed by atoms with Crippen LogP contribution >= 0.6 is 11.3 Å². The van der Waals surface area contributed by atoms with Gasteiger partial charge in [-0.1, -0.05) is 146 Å². The first-order chi connectivity index (χ1) is 31.0. The number of rotatable bonds is 2. The van der Waals surface area contributed by atoms with E-state index in [2.05, 4.69) is 205 Å². The van der Waals surface area contributed by atoms with Crippen molar-refractivity contribution in [1.82, 2.24) is 4.40 Å². The molecule has 0 amide bonds. The Labute approximate surface area is 423 Å². The van der Waals surface area contributed by atoms with Gasteiger partial charge in [-0.3, -0.25) is 0 Å². The van der Waals surface area contributed by atoms with Gasteiger partial charge in [0.25, 0.3) is 6.71 Å². The van der Waals surface area contributed by atoms with Crippen LogP contribution in [0, 0.1) is 44.7 Å². The summed E-state index contributed by atoms with van der Waals surface area (Å²) in [6, 6.07) is 48.9. The monoisotopic (exact) mass is 1020 g/mol. The molecule has 0 spiro atoms. The van der Waals surface area contributed by atoms with Crippen LogP contribution in [0.4, 0.5) is 34.1 Å². The summed E-state index contributed by atoms with van der Waals surface area (Å²) in [5.41, 5.74) is 20.3. The van der Waals surface area contributed by atoms with Gasteiger partial charge in [-0.15, -0.1) is 0 Å². The summed E-state index contributed by atoms with van der Waals surface area (Å²) in [5.74, 6) is 0. The fourth-order valence-corrected chi connectivity index (χ4v) is 14.1. The molecule has 7 aromatic carbocycles. The second-order valence-corrected chi connectivity index (χ2v) is 24.2. The number of aromatic nitrogens is 1. The summed E-state index contributed by atoms with van der Waals surface area (Å²) in [4.78, 5) is 5.42. The third-order valence-corrected chi connectivity index (χ3v) is 17.5. The number of para-hydroxylation sites is 2. The van der Waals surface area contributed by atoms with E-state index >= 15 is 0 Å². The standard InChI is InChI=1S/C60H53BN3S.Tb/c1-57(2,3)33-21-24-35(25-22-33)62-45-28-23-34(58(4,5)6)31-44(45)61-49-54(62)47-40-18-13-16-37-38-17-14-19-41-48(53(47)64(50(37)40)51(38)41)55(49)63(52-39-15-11-12-20-46(39)65-56(52)61)36-26-27-42-43(32-36)60(9,10)30-29-59(42,7)8;/h12-28,31-32H,29-30H2,1-10H3;/q-1;. The Kier molecular flexibility index (Phi) is 8.33. The molecule has 0 saturated carbocycles. The van der Waals surface area contributed by atoms with Crippen LogP contribution in [0.25, 0.3) is 59.0 Å². The fraction of sp³-hybridized carbons (Fsp3) is 0.267. The molecule has 1 aliphatic carbocycles. The summed E-state index contributed by atoms with van der Waals surface area (Å²) >= 11 is 1.99. The molecule has 11 aromatic rings. The SMILES string of the molecule is CC(C)(C)c1ccc(N2c3ccc(C(C)(C)C)cc3B3c4sc5cc[c-]cc5c4N(c4ccc5c(c4)C(C)(C)CCC5(C)C)c4c3c2c2c3cccc5c6cccc7c4c2n(c53)c67)cc1.[Tb].